The number of likely N-dealkylation sites (N-methyl/N-ethyl adjacent to an activating group) is 1. The average Bonchev–Trinajstić information content (AvgIpc) is 2.91. The van der Waals surface area contributed by atoms with E-state index in [1.54, 1.807) is 0 Å². The standard InChI is InChI=1S/C15H29NO3/c1-16(11-13-5-2-3-7-15(13)17)8-10-18-12-14-6-4-9-19-14/h13-15,17H,2-12H2,1H3. The van der Waals surface area contributed by atoms with Gasteiger partial charge < -0.3 is 19.5 Å². The molecule has 1 aliphatic carbocycles. The minimum absolute atomic E-state index is 0.0935. The van der Waals surface area contributed by atoms with Crippen LogP contribution in [0.2, 0.25) is 0 Å². The Bertz CT molecular complexity index is 244. The number of rotatable bonds is 7. The smallest absolute Gasteiger partial charge is 0.0809 e. The van der Waals surface area contributed by atoms with E-state index < -0.39 is 0 Å². The van der Waals surface area contributed by atoms with Crippen molar-refractivity contribution in [2.45, 2.75) is 50.7 Å². The number of aliphatic hydroxyl groups is 1. The van der Waals surface area contributed by atoms with Crippen molar-refractivity contribution in [1.29, 1.82) is 0 Å². The van der Waals surface area contributed by atoms with E-state index in [1.807, 2.05) is 0 Å². The zero-order valence-electron chi connectivity index (χ0n) is 12.2. The second kappa shape index (κ2) is 8.20. The van der Waals surface area contributed by atoms with Gasteiger partial charge in [0.1, 0.15) is 0 Å². The molecule has 2 aliphatic rings. The number of ether oxygens (including phenoxy) is 2. The van der Waals surface area contributed by atoms with Crippen LogP contribution in [0.3, 0.4) is 0 Å². The van der Waals surface area contributed by atoms with Crippen molar-refractivity contribution >= 4 is 0 Å². The van der Waals surface area contributed by atoms with Crippen LogP contribution in [0.5, 0.6) is 0 Å². The summed E-state index contributed by atoms with van der Waals surface area (Å²) in [7, 11) is 2.12. The van der Waals surface area contributed by atoms with Crippen molar-refractivity contribution in [3.63, 3.8) is 0 Å². The van der Waals surface area contributed by atoms with Crippen LogP contribution in [0.1, 0.15) is 38.5 Å². The summed E-state index contributed by atoms with van der Waals surface area (Å²) in [5.74, 6) is 0.455. The Morgan fingerprint density at radius 2 is 2.05 bits per heavy atom. The van der Waals surface area contributed by atoms with E-state index in [1.165, 1.54) is 25.7 Å². The Hall–Kier alpha value is -0.160. The van der Waals surface area contributed by atoms with E-state index in [0.717, 1.165) is 45.8 Å². The lowest BCUT2D eigenvalue weighted by molar-refractivity contribution is 0.00638. The highest BCUT2D eigenvalue weighted by Gasteiger charge is 2.24. The second-order valence-electron chi connectivity index (χ2n) is 6.08. The molecule has 19 heavy (non-hydrogen) atoms. The summed E-state index contributed by atoms with van der Waals surface area (Å²) < 4.78 is 11.2. The summed E-state index contributed by atoms with van der Waals surface area (Å²) >= 11 is 0. The summed E-state index contributed by atoms with van der Waals surface area (Å²) in [5, 5.41) is 9.96. The van der Waals surface area contributed by atoms with Gasteiger partial charge in [0.2, 0.25) is 0 Å². The zero-order chi connectivity index (χ0) is 13.5. The van der Waals surface area contributed by atoms with E-state index in [2.05, 4.69) is 11.9 Å². The molecule has 2 fully saturated rings. The fourth-order valence-electron chi connectivity index (χ4n) is 3.10. The van der Waals surface area contributed by atoms with Gasteiger partial charge in [0.15, 0.2) is 0 Å². The fraction of sp³-hybridized carbons (Fsp3) is 1.00. The number of nitrogens with zero attached hydrogens (tertiary/aromatic N) is 1. The number of hydrogen-bond donors (Lipinski definition) is 1. The molecule has 1 N–H and O–H groups in total. The van der Waals surface area contributed by atoms with Crippen molar-refractivity contribution in [3.8, 4) is 0 Å². The third-order valence-electron chi connectivity index (χ3n) is 4.36. The van der Waals surface area contributed by atoms with Gasteiger partial charge in [0, 0.05) is 19.7 Å². The van der Waals surface area contributed by atoms with Gasteiger partial charge in [-0.05, 0) is 38.6 Å². The van der Waals surface area contributed by atoms with Gasteiger partial charge in [-0.1, -0.05) is 12.8 Å². The SMILES string of the molecule is CN(CCOCC1CCCO1)CC1CCCCC1O. The summed E-state index contributed by atoms with van der Waals surface area (Å²) in [6.45, 7) is 4.33. The summed E-state index contributed by atoms with van der Waals surface area (Å²) in [6.07, 6.45) is 7.15. The van der Waals surface area contributed by atoms with E-state index in [-0.39, 0.29) is 6.10 Å². The van der Waals surface area contributed by atoms with E-state index in [0.29, 0.717) is 12.0 Å². The van der Waals surface area contributed by atoms with Gasteiger partial charge in [0.05, 0.1) is 25.4 Å². The maximum absolute atomic E-state index is 9.96. The first-order valence-electron chi connectivity index (χ1n) is 7.81. The molecular weight excluding hydrogens is 242 g/mol. The topological polar surface area (TPSA) is 41.9 Å². The third-order valence-corrected chi connectivity index (χ3v) is 4.36. The van der Waals surface area contributed by atoms with Gasteiger partial charge >= 0.3 is 0 Å². The molecule has 1 saturated heterocycles. The molecule has 4 nitrogen and oxygen atoms in total. The van der Waals surface area contributed by atoms with Crippen LogP contribution in [0.15, 0.2) is 0 Å². The summed E-state index contributed by atoms with van der Waals surface area (Å²) in [5.41, 5.74) is 0. The molecule has 4 heteroatoms. The van der Waals surface area contributed by atoms with Crippen LogP contribution in [-0.2, 0) is 9.47 Å². The monoisotopic (exact) mass is 271 g/mol. The van der Waals surface area contributed by atoms with Crippen molar-refractivity contribution in [3.05, 3.63) is 0 Å². The molecule has 3 atom stereocenters. The predicted molar refractivity (Wildman–Crippen MR) is 75.3 cm³/mol. The van der Waals surface area contributed by atoms with E-state index >= 15 is 0 Å². The van der Waals surface area contributed by atoms with Crippen LogP contribution in [0.4, 0.5) is 0 Å². The summed E-state index contributed by atoms with van der Waals surface area (Å²) in [4.78, 5) is 2.29. The lowest BCUT2D eigenvalue weighted by Crippen LogP contribution is -2.36. The van der Waals surface area contributed by atoms with Crippen molar-refractivity contribution < 1.29 is 14.6 Å². The zero-order valence-corrected chi connectivity index (χ0v) is 12.2. The first-order valence-corrected chi connectivity index (χ1v) is 7.81. The quantitative estimate of drug-likeness (QED) is 0.715. The molecule has 0 aromatic heterocycles. The molecule has 112 valence electrons. The van der Waals surface area contributed by atoms with Crippen molar-refractivity contribution in [2.75, 3.05) is 40.0 Å². The largest absolute Gasteiger partial charge is 0.393 e. The molecule has 0 spiro atoms. The highest BCUT2D eigenvalue weighted by molar-refractivity contribution is 4.76. The Kier molecular flexibility index (Phi) is 6.57. The van der Waals surface area contributed by atoms with E-state index in [9.17, 15) is 5.11 Å². The van der Waals surface area contributed by atoms with Crippen molar-refractivity contribution in [1.82, 2.24) is 4.90 Å². The Morgan fingerprint density at radius 1 is 1.21 bits per heavy atom. The van der Waals surface area contributed by atoms with Crippen molar-refractivity contribution in [2.24, 2.45) is 5.92 Å². The molecule has 0 aromatic rings. The molecule has 0 bridgehead atoms. The van der Waals surface area contributed by atoms with Gasteiger partial charge in [-0.2, -0.15) is 0 Å². The normalized spacial score (nSPS) is 32.1. The molecule has 1 heterocycles. The maximum Gasteiger partial charge on any atom is 0.0809 e. The average molecular weight is 271 g/mol. The molecule has 2 rings (SSSR count). The lowest BCUT2D eigenvalue weighted by Gasteiger charge is -2.31. The molecule has 0 radical (unpaired) electrons. The van der Waals surface area contributed by atoms with Gasteiger partial charge in [-0.3, -0.25) is 0 Å². The fourth-order valence-corrected chi connectivity index (χ4v) is 3.10. The molecule has 0 amide bonds. The van der Waals surface area contributed by atoms with Crippen LogP contribution >= 0.6 is 0 Å². The predicted octanol–water partition coefficient (Wildman–Crippen LogP) is 1.66. The second-order valence-corrected chi connectivity index (χ2v) is 6.08. The van der Waals surface area contributed by atoms with E-state index in [4.69, 9.17) is 9.47 Å². The van der Waals surface area contributed by atoms with Crippen LogP contribution in [0, 0.1) is 5.92 Å². The van der Waals surface area contributed by atoms with Gasteiger partial charge in [0.25, 0.3) is 0 Å². The van der Waals surface area contributed by atoms with Crippen LogP contribution in [-0.4, -0.2) is 62.2 Å². The number of hydrogen-bond acceptors (Lipinski definition) is 4. The molecule has 0 aromatic carbocycles. The first kappa shape index (κ1) is 15.2. The maximum atomic E-state index is 9.96. The third kappa shape index (κ3) is 5.38. The highest BCUT2D eigenvalue weighted by atomic mass is 16.5. The molecule has 1 saturated carbocycles. The van der Waals surface area contributed by atoms with Crippen LogP contribution < -0.4 is 0 Å². The Morgan fingerprint density at radius 3 is 2.79 bits per heavy atom. The minimum atomic E-state index is -0.0935. The Balaban J connectivity index is 1.52. The minimum Gasteiger partial charge on any atom is -0.393 e. The van der Waals surface area contributed by atoms with Gasteiger partial charge in [-0.25, -0.2) is 0 Å². The van der Waals surface area contributed by atoms with Gasteiger partial charge in [-0.15, -0.1) is 0 Å². The summed E-state index contributed by atoms with van der Waals surface area (Å²) in [6, 6.07) is 0. The highest BCUT2D eigenvalue weighted by Crippen LogP contribution is 2.24. The molecule has 1 aliphatic heterocycles. The lowest BCUT2D eigenvalue weighted by atomic mass is 9.86. The first-order chi connectivity index (χ1) is 9.25. The van der Waals surface area contributed by atoms with Crippen LogP contribution in [0.25, 0.3) is 0 Å². The molecular formula is C15H29NO3. The molecule has 3 unspecified atom stereocenters. The number of aliphatic hydroxyl groups excluding tert-OH is 1. The Labute approximate surface area is 117 Å².